The summed E-state index contributed by atoms with van der Waals surface area (Å²) in [6.07, 6.45) is 9.37. The molecule has 174 valence electrons. The van der Waals surface area contributed by atoms with Gasteiger partial charge in [-0.25, -0.2) is 9.99 Å². The molecule has 0 bridgehead atoms. The van der Waals surface area contributed by atoms with Crippen LogP contribution < -0.4 is 10.7 Å². The van der Waals surface area contributed by atoms with Gasteiger partial charge in [0.25, 0.3) is 0 Å². The van der Waals surface area contributed by atoms with Gasteiger partial charge in [0.1, 0.15) is 5.82 Å². The van der Waals surface area contributed by atoms with Crippen LogP contribution in [-0.4, -0.2) is 41.3 Å². The number of anilines is 1. The average molecular weight is 437 g/mol. The zero-order valence-electron chi connectivity index (χ0n) is 21.0. The summed E-state index contributed by atoms with van der Waals surface area (Å²) in [4.78, 5) is 4.72. The Balaban J connectivity index is 2.47. The minimum Gasteiger partial charge on any atom is -0.392 e. The van der Waals surface area contributed by atoms with E-state index in [4.69, 9.17) is 4.98 Å². The van der Waals surface area contributed by atoms with Crippen LogP contribution >= 0.6 is 0 Å². The first-order valence-electron chi connectivity index (χ1n) is 11.4. The fourth-order valence-corrected chi connectivity index (χ4v) is 3.23. The number of aromatic amines is 1. The number of hydrogen-bond acceptors (Lipinski definition) is 5. The van der Waals surface area contributed by atoms with E-state index in [0.29, 0.717) is 5.92 Å². The molecule has 0 unspecified atom stereocenters. The van der Waals surface area contributed by atoms with Crippen molar-refractivity contribution in [1.29, 1.82) is 0 Å². The number of hydrogen-bond donors (Lipinski definition) is 3. The fraction of sp³-hybridized carbons (Fsp3) is 0.462. The monoisotopic (exact) mass is 436 g/mol. The Morgan fingerprint density at radius 3 is 2.56 bits per heavy atom. The molecule has 0 amide bonds. The molecule has 0 aliphatic carbocycles. The second kappa shape index (κ2) is 12.2. The van der Waals surface area contributed by atoms with Crippen LogP contribution in [0.15, 0.2) is 53.3 Å². The molecule has 0 saturated carbocycles. The SMILES string of the molecule is CC/C(C)=C/C=C(\C=C(/C)NC)Cc1cc(-c2n[nH]c(CC(C)C)n2)ccc1NN(C)C. The summed E-state index contributed by atoms with van der Waals surface area (Å²) < 4.78 is 0. The van der Waals surface area contributed by atoms with Gasteiger partial charge in [-0.15, -0.1) is 0 Å². The van der Waals surface area contributed by atoms with E-state index in [2.05, 4.69) is 92.0 Å². The molecule has 0 atom stereocenters. The molecule has 2 rings (SSSR count). The first-order valence-corrected chi connectivity index (χ1v) is 11.4. The maximum absolute atomic E-state index is 4.72. The number of benzene rings is 1. The summed E-state index contributed by atoms with van der Waals surface area (Å²) >= 11 is 0. The van der Waals surface area contributed by atoms with E-state index in [9.17, 15) is 0 Å². The molecule has 0 spiro atoms. The normalized spacial score (nSPS) is 13.2. The predicted octanol–water partition coefficient (Wildman–Crippen LogP) is 5.51. The minimum absolute atomic E-state index is 0.535. The van der Waals surface area contributed by atoms with E-state index >= 15 is 0 Å². The molecule has 6 heteroatoms. The van der Waals surface area contributed by atoms with Crippen molar-refractivity contribution in [2.75, 3.05) is 26.6 Å². The maximum atomic E-state index is 4.72. The van der Waals surface area contributed by atoms with Crippen molar-refractivity contribution in [3.05, 3.63) is 64.7 Å². The van der Waals surface area contributed by atoms with Gasteiger partial charge in [0.15, 0.2) is 5.82 Å². The molecule has 3 N–H and O–H groups in total. The highest BCUT2D eigenvalue weighted by Crippen LogP contribution is 2.26. The summed E-state index contributed by atoms with van der Waals surface area (Å²) in [5.74, 6) is 2.21. The van der Waals surface area contributed by atoms with Crippen molar-refractivity contribution in [2.24, 2.45) is 5.92 Å². The van der Waals surface area contributed by atoms with Crippen LogP contribution in [0.4, 0.5) is 5.69 Å². The smallest absolute Gasteiger partial charge is 0.181 e. The van der Waals surface area contributed by atoms with Crippen LogP contribution in [0.1, 0.15) is 52.4 Å². The quantitative estimate of drug-likeness (QED) is 0.320. The summed E-state index contributed by atoms with van der Waals surface area (Å²) in [5.41, 5.74) is 10.5. The number of rotatable bonds is 11. The van der Waals surface area contributed by atoms with E-state index in [-0.39, 0.29) is 0 Å². The second-order valence-corrected chi connectivity index (χ2v) is 8.94. The first kappa shape index (κ1) is 25.4. The van der Waals surface area contributed by atoms with Crippen LogP contribution in [0.25, 0.3) is 11.4 Å². The largest absolute Gasteiger partial charge is 0.392 e. The molecule has 1 aromatic heterocycles. The molecular formula is C26H40N6. The second-order valence-electron chi connectivity index (χ2n) is 8.94. The number of nitrogens with one attached hydrogen (secondary N) is 3. The number of hydrazine groups is 1. The Kier molecular flexibility index (Phi) is 9.72. The van der Waals surface area contributed by atoms with Crippen LogP contribution in [0.3, 0.4) is 0 Å². The Morgan fingerprint density at radius 2 is 1.94 bits per heavy atom. The van der Waals surface area contributed by atoms with E-state index in [1.165, 1.54) is 16.7 Å². The van der Waals surface area contributed by atoms with Gasteiger partial charge in [-0.1, -0.05) is 38.5 Å². The lowest BCUT2D eigenvalue weighted by atomic mass is 9.99. The van der Waals surface area contributed by atoms with E-state index in [1.807, 2.05) is 26.2 Å². The third-order valence-electron chi connectivity index (χ3n) is 5.17. The molecule has 2 aromatic rings. The van der Waals surface area contributed by atoms with Gasteiger partial charge >= 0.3 is 0 Å². The Bertz CT molecular complexity index is 962. The number of allylic oxidation sites excluding steroid dienone is 6. The zero-order chi connectivity index (χ0) is 23.7. The van der Waals surface area contributed by atoms with Crippen molar-refractivity contribution < 1.29 is 0 Å². The van der Waals surface area contributed by atoms with Crippen LogP contribution in [-0.2, 0) is 12.8 Å². The zero-order valence-corrected chi connectivity index (χ0v) is 21.0. The highest BCUT2D eigenvalue weighted by atomic mass is 15.5. The lowest BCUT2D eigenvalue weighted by molar-refractivity contribution is 0.494. The van der Waals surface area contributed by atoms with Gasteiger partial charge in [0.2, 0.25) is 0 Å². The molecular weight excluding hydrogens is 396 g/mol. The highest BCUT2D eigenvalue weighted by Gasteiger charge is 2.12. The topological polar surface area (TPSA) is 68.9 Å². The molecule has 1 aromatic carbocycles. The lowest BCUT2D eigenvalue weighted by Gasteiger charge is -2.18. The van der Waals surface area contributed by atoms with E-state index in [0.717, 1.165) is 47.9 Å². The van der Waals surface area contributed by atoms with Crippen LogP contribution in [0.2, 0.25) is 0 Å². The van der Waals surface area contributed by atoms with Gasteiger partial charge in [-0.2, -0.15) is 5.10 Å². The maximum Gasteiger partial charge on any atom is 0.181 e. The van der Waals surface area contributed by atoms with Gasteiger partial charge < -0.3 is 10.7 Å². The minimum atomic E-state index is 0.535. The summed E-state index contributed by atoms with van der Waals surface area (Å²) in [7, 11) is 5.95. The third kappa shape index (κ3) is 8.00. The van der Waals surface area contributed by atoms with Crippen LogP contribution in [0, 0.1) is 5.92 Å². The number of aromatic nitrogens is 3. The average Bonchev–Trinajstić information content (AvgIpc) is 3.20. The van der Waals surface area contributed by atoms with Gasteiger partial charge in [-0.05, 0) is 68.0 Å². The van der Waals surface area contributed by atoms with Gasteiger partial charge in [-0.3, -0.25) is 5.10 Å². The first-order chi connectivity index (χ1) is 15.2. The van der Waals surface area contributed by atoms with E-state index < -0.39 is 0 Å². The molecule has 32 heavy (non-hydrogen) atoms. The molecule has 0 aliphatic rings. The summed E-state index contributed by atoms with van der Waals surface area (Å²) in [6.45, 7) is 10.8. The van der Waals surface area contributed by atoms with Crippen molar-refractivity contribution in [3.8, 4) is 11.4 Å². The number of H-pyrrole nitrogens is 1. The molecule has 0 radical (unpaired) electrons. The Morgan fingerprint density at radius 1 is 1.19 bits per heavy atom. The Hall–Kier alpha value is -2.86. The molecule has 6 nitrogen and oxygen atoms in total. The predicted molar refractivity (Wildman–Crippen MR) is 136 cm³/mol. The van der Waals surface area contributed by atoms with Gasteiger partial charge in [0.05, 0.1) is 5.69 Å². The van der Waals surface area contributed by atoms with Crippen molar-refractivity contribution >= 4 is 5.69 Å². The molecule has 1 heterocycles. The standard InChI is InChI=1S/C26H40N6/c1-9-19(4)10-11-21(15-20(5)27-6)16-23-17-22(12-13-24(23)31-32(7)8)26-28-25(29-30-26)14-18(2)3/h10-13,15,17-18,27,31H,9,14,16H2,1-8H3,(H,28,29,30)/b19-10+,20-15+,21-11+. The molecule has 0 saturated heterocycles. The van der Waals surface area contributed by atoms with Crippen molar-refractivity contribution in [1.82, 2.24) is 25.5 Å². The summed E-state index contributed by atoms with van der Waals surface area (Å²) in [6, 6.07) is 6.39. The van der Waals surface area contributed by atoms with E-state index in [1.54, 1.807) is 0 Å². The third-order valence-corrected chi connectivity index (χ3v) is 5.17. The number of nitrogens with zero attached hydrogens (tertiary/aromatic N) is 3. The van der Waals surface area contributed by atoms with Crippen LogP contribution in [0.5, 0.6) is 0 Å². The van der Waals surface area contributed by atoms with Gasteiger partial charge in [0, 0.05) is 38.8 Å². The Labute approximate surface area is 193 Å². The van der Waals surface area contributed by atoms with Crippen molar-refractivity contribution in [3.63, 3.8) is 0 Å². The fourth-order valence-electron chi connectivity index (χ4n) is 3.23. The molecule has 0 fully saturated rings. The summed E-state index contributed by atoms with van der Waals surface area (Å²) in [5, 5.41) is 12.8. The highest BCUT2D eigenvalue weighted by molar-refractivity contribution is 5.64. The lowest BCUT2D eigenvalue weighted by Crippen LogP contribution is -2.20. The van der Waals surface area contributed by atoms with Crippen molar-refractivity contribution in [2.45, 2.75) is 53.9 Å². The molecule has 0 aliphatic heterocycles.